The van der Waals surface area contributed by atoms with E-state index in [1.807, 2.05) is 0 Å². The van der Waals surface area contributed by atoms with Crippen LogP contribution < -0.4 is 14.8 Å². The van der Waals surface area contributed by atoms with Gasteiger partial charge in [0.25, 0.3) is 5.91 Å². The zero-order valence-electron chi connectivity index (χ0n) is 12.1. The number of amides is 1. The van der Waals surface area contributed by atoms with E-state index in [1.54, 1.807) is 37.3 Å². The molecule has 0 saturated heterocycles. The van der Waals surface area contributed by atoms with Crippen LogP contribution in [0, 0.1) is 12.7 Å². The predicted molar refractivity (Wildman–Crippen MR) is 78.6 cm³/mol. The smallest absolute Gasteiger partial charge is 0.258 e. The molecule has 2 aromatic carbocycles. The van der Waals surface area contributed by atoms with Crippen molar-refractivity contribution in [1.29, 1.82) is 0 Å². The van der Waals surface area contributed by atoms with E-state index in [4.69, 9.17) is 9.47 Å². The molecule has 1 amide bonds. The van der Waals surface area contributed by atoms with Crippen LogP contribution in [0.25, 0.3) is 0 Å². The van der Waals surface area contributed by atoms with E-state index in [2.05, 4.69) is 5.32 Å². The summed E-state index contributed by atoms with van der Waals surface area (Å²) in [6.45, 7) is 1.61. The number of rotatable bonds is 4. The fourth-order valence-electron chi connectivity index (χ4n) is 1.90. The molecule has 0 aliphatic carbocycles. The van der Waals surface area contributed by atoms with Gasteiger partial charge in [-0.2, -0.15) is 0 Å². The lowest BCUT2D eigenvalue weighted by molar-refractivity contribution is 0.102. The SMILES string of the molecule is COc1cc(NC(=O)c2cccc(C)c2F)cc(OC)c1. The highest BCUT2D eigenvalue weighted by atomic mass is 19.1. The van der Waals surface area contributed by atoms with Crippen molar-refractivity contribution in [3.05, 3.63) is 53.3 Å². The van der Waals surface area contributed by atoms with Crippen LogP contribution in [0.3, 0.4) is 0 Å². The Morgan fingerprint density at radius 1 is 1.10 bits per heavy atom. The maximum atomic E-state index is 13.9. The first kappa shape index (κ1) is 14.8. The normalized spacial score (nSPS) is 10.1. The minimum absolute atomic E-state index is 0.00298. The summed E-state index contributed by atoms with van der Waals surface area (Å²) in [4.78, 5) is 12.2. The third-order valence-electron chi connectivity index (χ3n) is 3.05. The van der Waals surface area contributed by atoms with Crippen LogP contribution in [-0.4, -0.2) is 20.1 Å². The predicted octanol–water partition coefficient (Wildman–Crippen LogP) is 3.40. The molecule has 0 aliphatic heterocycles. The lowest BCUT2D eigenvalue weighted by atomic mass is 10.1. The first-order chi connectivity index (χ1) is 10.0. The number of ether oxygens (including phenoxy) is 2. The molecule has 5 heteroatoms. The third-order valence-corrected chi connectivity index (χ3v) is 3.05. The molecule has 0 bridgehead atoms. The van der Waals surface area contributed by atoms with E-state index in [0.717, 1.165) is 0 Å². The summed E-state index contributed by atoms with van der Waals surface area (Å²) in [5.74, 6) is 0.0279. The lowest BCUT2D eigenvalue weighted by Crippen LogP contribution is -2.14. The molecule has 0 saturated carbocycles. The Morgan fingerprint density at radius 3 is 2.29 bits per heavy atom. The highest BCUT2D eigenvalue weighted by molar-refractivity contribution is 6.04. The molecule has 0 radical (unpaired) electrons. The molecule has 4 nitrogen and oxygen atoms in total. The second kappa shape index (κ2) is 6.26. The monoisotopic (exact) mass is 289 g/mol. The Morgan fingerprint density at radius 2 is 1.71 bits per heavy atom. The number of methoxy groups -OCH3 is 2. The quantitative estimate of drug-likeness (QED) is 0.938. The van der Waals surface area contributed by atoms with E-state index < -0.39 is 11.7 Å². The van der Waals surface area contributed by atoms with Gasteiger partial charge < -0.3 is 14.8 Å². The molecule has 2 rings (SSSR count). The molecule has 21 heavy (non-hydrogen) atoms. The Labute approximate surface area is 122 Å². The van der Waals surface area contributed by atoms with Gasteiger partial charge in [0.1, 0.15) is 17.3 Å². The second-order valence-corrected chi connectivity index (χ2v) is 4.49. The van der Waals surface area contributed by atoms with Crippen molar-refractivity contribution in [3.63, 3.8) is 0 Å². The van der Waals surface area contributed by atoms with E-state index in [0.29, 0.717) is 22.7 Å². The summed E-state index contributed by atoms with van der Waals surface area (Å²) in [6.07, 6.45) is 0. The maximum Gasteiger partial charge on any atom is 0.258 e. The van der Waals surface area contributed by atoms with E-state index in [-0.39, 0.29) is 5.56 Å². The molecular weight excluding hydrogens is 273 g/mol. The molecule has 0 spiro atoms. The van der Waals surface area contributed by atoms with Crippen molar-refractivity contribution in [1.82, 2.24) is 0 Å². The Balaban J connectivity index is 2.29. The summed E-state index contributed by atoms with van der Waals surface area (Å²) < 4.78 is 24.2. The summed E-state index contributed by atoms with van der Waals surface area (Å²) in [7, 11) is 3.03. The number of halogens is 1. The number of hydrogen-bond donors (Lipinski definition) is 1. The third kappa shape index (κ3) is 3.31. The van der Waals surface area contributed by atoms with Crippen LogP contribution in [-0.2, 0) is 0 Å². The highest BCUT2D eigenvalue weighted by Gasteiger charge is 2.14. The second-order valence-electron chi connectivity index (χ2n) is 4.49. The van der Waals surface area contributed by atoms with Gasteiger partial charge in [-0.3, -0.25) is 4.79 Å². The molecule has 0 atom stereocenters. The highest BCUT2D eigenvalue weighted by Crippen LogP contribution is 2.26. The Bertz CT molecular complexity index is 648. The molecule has 0 unspecified atom stereocenters. The van der Waals surface area contributed by atoms with Gasteiger partial charge in [0, 0.05) is 23.9 Å². The molecule has 0 fully saturated rings. The van der Waals surface area contributed by atoms with Crippen LogP contribution in [0.15, 0.2) is 36.4 Å². The van der Waals surface area contributed by atoms with Crippen LogP contribution in [0.5, 0.6) is 11.5 Å². The number of hydrogen-bond acceptors (Lipinski definition) is 3. The van der Waals surface area contributed by atoms with Crippen molar-refractivity contribution in [2.45, 2.75) is 6.92 Å². The van der Waals surface area contributed by atoms with E-state index >= 15 is 0 Å². The summed E-state index contributed by atoms with van der Waals surface area (Å²) >= 11 is 0. The van der Waals surface area contributed by atoms with Crippen molar-refractivity contribution in [3.8, 4) is 11.5 Å². The average Bonchev–Trinajstić information content (AvgIpc) is 2.49. The van der Waals surface area contributed by atoms with Crippen molar-refractivity contribution in [2.24, 2.45) is 0 Å². The number of carbonyl (C=O) groups excluding carboxylic acids is 1. The van der Waals surface area contributed by atoms with Crippen molar-refractivity contribution >= 4 is 11.6 Å². The standard InChI is InChI=1S/C16H16FNO3/c1-10-5-4-6-14(15(10)17)16(19)18-11-7-12(20-2)9-13(8-11)21-3/h4-9H,1-3H3,(H,18,19). The topological polar surface area (TPSA) is 47.6 Å². The van der Waals surface area contributed by atoms with Gasteiger partial charge in [-0.05, 0) is 18.6 Å². The van der Waals surface area contributed by atoms with Gasteiger partial charge in [0.05, 0.1) is 19.8 Å². The van der Waals surface area contributed by atoms with Crippen LogP contribution in [0.2, 0.25) is 0 Å². The van der Waals surface area contributed by atoms with Gasteiger partial charge in [-0.1, -0.05) is 12.1 Å². The van der Waals surface area contributed by atoms with E-state index in [1.165, 1.54) is 20.3 Å². The molecule has 0 aliphatic rings. The summed E-state index contributed by atoms with van der Waals surface area (Å²) in [5.41, 5.74) is 0.889. The molecule has 2 aromatic rings. The lowest BCUT2D eigenvalue weighted by Gasteiger charge is -2.10. The fraction of sp³-hybridized carbons (Fsp3) is 0.188. The van der Waals surface area contributed by atoms with Gasteiger partial charge in [-0.15, -0.1) is 0 Å². The molecule has 1 N–H and O–H groups in total. The Kier molecular flexibility index (Phi) is 4.42. The molecular formula is C16H16FNO3. The van der Waals surface area contributed by atoms with Gasteiger partial charge >= 0.3 is 0 Å². The maximum absolute atomic E-state index is 13.9. The summed E-state index contributed by atoms with van der Waals surface area (Å²) in [5, 5.41) is 2.64. The van der Waals surface area contributed by atoms with Gasteiger partial charge in [-0.25, -0.2) is 4.39 Å². The minimum Gasteiger partial charge on any atom is -0.497 e. The largest absolute Gasteiger partial charge is 0.497 e. The molecule has 0 heterocycles. The summed E-state index contributed by atoms with van der Waals surface area (Å²) in [6, 6.07) is 9.64. The van der Waals surface area contributed by atoms with Crippen molar-refractivity contribution < 1.29 is 18.7 Å². The van der Waals surface area contributed by atoms with Crippen molar-refractivity contribution in [2.75, 3.05) is 19.5 Å². The van der Waals surface area contributed by atoms with Gasteiger partial charge in [0.15, 0.2) is 0 Å². The zero-order chi connectivity index (χ0) is 15.4. The van der Waals surface area contributed by atoms with Crippen LogP contribution in [0.4, 0.5) is 10.1 Å². The first-order valence-corrected chi connectivity index (χ1v) is 6.34. The Hall–Kier alpha value is -2.56. The fourth-order valence-corrected chi connectivity index (χ4v) is 1.90. The number of aryl methyl sites for hydroxylation is 1. The number of anilines is 1. The van der Waals surface area contributed by atoms with Crippen LogP contribution in [0.1, 0.15) is 15.9 Å². The van der Waals surface area contributed by atoms with Crippen LogP contribution >= 0.6 is 0 Å². The van der Waals surface area contributed by atoms with Gasteiger partial charge in [0.2, 0.25) is 0 Å². The minimum atomic E-state index is -0.523. The number of nitrogens with one attached hydrogen (secondary N) is 1. The average molecular weight is 289 g/mol. The number of benzene rings is 2. The van der Waals surface area contributed by atoms with E-state index in [9.17, 15) is 9.18 Å². The molecule has 0 aromatic heterocycles. The number of carbonyl (C=O) groups is 1. The zero-order valence-corrected chi connectivity index (χ0v) is 12.1. The first-order valence-electron chi connectivity index (χ1n) is 6.34. The molecule has 110 valence electrons.